The van der Waals surface area contributed by atoms with E-state index in [4.69, 9.17) is 0 Å². The minimum absolute atomic E-state index is 0. The van der Waals surface area contributed by atoms with Gasteiger partial charge in [0.05, 0.1) is 0 Å². The van der Waals surface area contributed by atoms with E-state index in [-0.39, 0.29) is 24.0 Å². The van der Waals surface area contributed by atoms with Crippen molar-refractivity contribution in [1.29, 1.82) is 0 Å². The minimum atomic E-state index is 0. The van der Waals surface area contributed by atoms with Crippen LogP contribution in [0.2, 0.25) is 0 Å². The number of piperidine rings is 1. The van der Waals surface area contributed by atoms with Crippen molar-refractivity contribution >= 4 is 29.9 Å². The van der Waals surface area contributed by atoms with Gasteiger partial charge in [0.2, 0.25) is 0 Å². The Morgan fingerprint density at radius 1 is 1.32 bits per heavy atom. The number of aromatic nitrogens is 3. The van der Waals surface area contributed by atoms with Crippen LogP contribution in [-0.2, 0) is 13.6 Å². The zero-order valence-corrected chi connectivity index (χ0v) is 16.1. The second-order valence-electron chi connectivity index (χ2n) is 5.62. The van der Waals surface area contributed by atoms with Crippen LogP contribution in [0.1, 0.15) is 25.6 Å². The van der Waals surface area contributed by atoms with Crippen molar-refractivity contribution in [2.24, 2.45) is 18.0 Å². The van der Waals surface area contributed by atoms with Crippen LogP contribution in [0.4, 0.5) is 0 Å². The van der Waals surface area contributed by atoms with Gasteiger partial charge in [0.25, 0.3) is 0 Å². The van der Waals surface area contributed by atoms with Crippen molar-refractivity contribution in [3.63, 3.8) is 0 Å². The Balaban J connectivity index is 0.00000242. The molecule has 1 aromatic rings. The van der Waals surface area contributed by atoms with E-state index in [1.807, 2.05) is 7.05 Å². The number of aryl methyl sites for hydroxylation is 1. The third kappa shape index (κ3) is 6.07. The van der Waals surface area contributed by atoms with Gasteiger partial charge in [-0.3, -0.25) is 4.68 Å². The first kappa shape index (κ1) is 19.1. The Kier molecular flexibility index (Phi) is 8.69. The Hall–Kier alpha value is -0.900. The first-order valence-electron chi connectivity index (χ1n) is 7.72. The molecule has 0 radical (unpaired) electrons. The number of aliphatic imine (C=N–C) groups is 1. The summed E-state index contributed by atoms with van der Waals surface area (Å²) in [6.45, 7) is 6.85. The average Bonchev–Trinajstić information content (AvgIpc) is 2.89. The van der Waals surface area contributed by atoms with Gasteiger partial charge in [0, 0.05) is 20.1 Å². The van der Waals surface area contributed by atoms with E-state index in [0.29, 0.717) is 6.54 Å². The topological polar surface area (TPSA) is 70.4 Å². The van der Waals surface area contributed by atoms with Crippen LogP contribution in [0, 0.1) is 5.92 Å². The molecule has 0 aliphatic carbocycles. The monoisotopic (exact) mass is 421 g/mol. The van der Waals surface area contributed by atoms with Gasteiger partial charge in [0.15, 0.2) is 5.96 Å². The molecular formula is C14H28IN7. The summed E-state index contributed by atoms with van der Waals surface area (Å²) in [6, 6.07) is 0. The molecule has 0 aromatic carbocycles. The summed E-state index contributed by atoms with van der Waals surface area (Å²) in [5, 5.41) is 10.8. The molecule has 0 amide bonds. The van der Waals surface area contributed by atoms with Crippen molar-refractivity contribution in [2.45, 2.75) is 26.3 Å². The summed E-state index contributed by atoms with van der Waals surface area (Å²) in [6.07, 6.45) is 4.07. The maximum atomic E-state index is 4.58. The van der Waals surface area contributed by atoms with Gasteiger partial charge in [-0.1, -0.05) is 0 Å². The lowest BCUT2D eigenvalue weighted by Crippen LogP contribution is -2.42. The lowest BCUT2D eigenvalue weighted by molar-refractivity contribution is 0.220. The number of nitrogens with zero attached hydrogens (tertiary/aromatic N) is 5. The summed E-state index contributed by atoms with van der Waals surface area (Å²) < 4.78 is 1.75. The van der Waals surface area contributed by atoms with E-state index < -0.39 is 0 Å². The van der Waals surface area contributed by atoms with Gasteiger partial charge in [-0.25, -0.2) is 9.98 Å². The number of guanidine groups is 1. The molecule has 1 aromatic heterocycles. The highest BCUT2D eigenvalue weighted by atomic mass is 127. The second-order valence-corrected chi connectivity index (χ2v) is 5.62. The lowest BCUT2D eigenvalue weighted by Gasteiger charge is -2.29. The molecule has 2 heterocycles. The van der Waals surface area contributed by atoms with Crippen LogP contribution in [0.3, 0.4) is 0 Å². The first-order valence-corrected chi connectivity index (χ1v) is 7.72. The average molecular weight is 421 g/mol. The molecule has 8 heteroatoms. The molecule has 0 atom stereocenters. The zero-order chi connectivity index (χ0) is 15.1. The summed E-state index contributed by atoms with van der Waals surface area (Å²) in [5.41, 5.74) is 0. The Labute approximate surface area is 150 Å². The third-order valence-corrected chi connectivity index (χ3v) is 3.92. The van der Waals surface area contributed by atoms with Crippen molar-refractivity contribution in [2.75, 3.05) is 33.2 Å². The maximum Gasteiger partial charge on any atom is 0.191 e. The molecular weight excluding hydrogens is 393 g/mol. The molecule has 1 fully saturated rings. The Bertz CT molecular complexity index is 452. The third-order valence-electron chi connectivity index (χ3n) is 3.92. The molecule has 2 rings (SSSR count). The number of nitrogens with one attached hydrogen (secondary N) is 2. The van der Waals surface area contributed by atoms with Gasteiger partial charge < -0.3 is 15.5 Å². The van der Waals surface area contributed by atoms with Crippen molar-refractivity contribution in [3.05, 3.63) is 12.2 Å². The van der Waals surface area contributed by atoms with Crippen LogP contribution in [0.15, 0.2) is 11.3 Å². The smallest absolute Gasteiger partial charge is 0.191 e. The highest BCUT2D eigenvalue weighted by molar-refractivity contribution is 14.0. The van der Waals surface area contributed by atoms with E-state index in [9.17, 15) is 0 Å². The molecule has 0 bridgehead atoms. The summed E-state index contributed by atoms with van der Waals surface area (Å²) in [5.74, 6) is 2.46. The molecule has 0 spiro atoms. The van der Waals surface area contributed by atoms with Gasteiger partial charge in [-0.15, -0.1) is 24.0 Å². The van der Waals surface area contributed by atoms with Crippen molar-refractivity contribution in [1.82, 2.24) is 30.3 Å². The van der Waals surface area contributed by atoms with Crippen LogP contribution in [-0.4, -0.2) is 58.9 Å². The SMILES string of the molecule is CCNC(=NCc1ncnn1C)NCC1CCN(C)CC1.I. The van der Waals surface area contributed by atoms with E-state index in [1.54, 1.807) is 11.0 Å². The minimum Gasteiger partial charge on any atom is -0.357 e. The second kappa shape index (κ2) is 9.98. The van der Waals surface area contributed by atoms with E-state index in [1.165, 1.54) is 25.9 Å². The molecule has 126 valence electrons. The Morgan fingerprint density at radius 2 is 2.05 bits per heavy atom. The summed E-state index contributed by atoms with van der Waals surface area (Å²) in [7, 11) is 4.08. The number of hydrogen-bond donors (Lipinski definition) is 2. The fourth-order valence-electron chi connectivity index (χ4n) is 2.46. The number of halogens is 1. The van der Waals surface area contributed by atoms with Crippen LogP contribution in [0.25, 0.3) is 0 Å². The fourth-order valence-corrected chi connectivity index (χ4v) is 2.46. The largest absolute Gasteiger partial charge is 0.357 e. The zero-order valence-electron chi connectivity index (χ0n) is 13.7. The van der Waals surface area contributed by atoms with Gasteiger partial charge in [0.1, 0.15) is 18.7 Å². The van der Waals surface area contributed by atoms with E-state index >= 15 is 0 Å². The first-order chi connectivity index (χ1) is 10.2. The highest BCUT2D eigenvalue weighted by Crippen LogP contribution is 2.14. The van der Waals surface area contributed by atoms with Crippen LogP contribution >= 0.6 is 24.0 Å². The Morgan fingerprint density at radius 3 is 2.64 bits per heavy atom. The molecule has 2 N–H and O–H groups in total. The quantitative estimate of drug-likeness (QED) is 0.419. The summed E-state index contributed by atoms with van der Waals surface area (Å²) >= 11 is 0. The van der Waals surface area contributed by atoms with Crippen LogP contribution in [0.5, 0.6) is 0 Å². The maximum absolute atomic E-state index is 4.58. The molecule has 0 unspecified atom stereocenters. The van der Waals surface area contributed by atoms with E-state index in [2.05, 4.69) is 44.6 Å². The fraction of sp³-hybridized carbons (Fsp3) is 0.786. The van der Waals surface area contributed by atoms with E-state index in [0.717, 1.165) is 30.8 Å². The standard InChI is InChI=1S/C14H27N7.HI/c1-4-15-14(17-10-13-18-11-19-21(13)3)16-9-12-5-7-20(2)8-6-12;/h11-12H,4-10H2,1-3H3,(H2,15,16,17);1H. The molecule has 1 aliphatic heterocycles. The summed E-state index contributed by atoms with van der Waals surface area (Å²) in [4.78, 5) is 11.2. The van der Waals surface area contributed by atoms with Crippen molar-refractivity contribution in [3.8, 4) is 0 Å². The highest BCUT2D eigenvalue weighted by Gasteiger charge is 2.16. The van der Waals surface area contributed by atoms with Crippen molar-refractivity contribution < 1.29 is 0 Å². The predicted molar refractivity (Wildman–Crippen MR) is 99.5 cm³/mol. The lowest BCUT2D eigenvalue weighted by atomic mass is 9.97. The van der Waals surface area contributed by atoms with Crippen LogP contribution < -0.4 is 10.6 Å². The van der Waals surface area contributed by atoms with Gasteiger partial charge in [-0.2, -0.15) is 5.10 Å². The molecule has 0 saturated carbocycles. The molecule has 22 heavy (non-hydrogen) atoms. The van der Waals surface area contributed by atoms with Gasteiger partial charge in [-0.05, 0) is 45.8 Å². The molecule has 1 aliphatic rings. The number of hydrogen-bond acceptors (Lipinski definition) is 4. The molecule has 1 saturated heterocycles. The number of likely N-dealkylation sites (tertiary alicyclic amines) is 1. The molecule has 7 nitrogen and oxygen atoms in total. The van der Waals surface area contributed by atoms with Gasteiger partial charge >= 0.3 is 0 Å². The number of rotatable bonds is 5. The predicted octanol–water partition coefficient (Wildman–Crippen LogP) is 0.830. The normalized spacial score (nSPS) is 17.1.